The molecule has 3 amide bonds. The van der Waals surface area contributed by atoms with Crippen molar-refractivity contribution in [2.45, 2.75) is 6.92 Å². The molecule has 1 aromatic rings. The van der Waals surface area contributed by atoms with E-state index < -0.39 is 30.2 Å². The monoisotopic (exact) mass is 288 g/mol. The Morgan fingerprint density at radius 2 is 1.81 bits per heavy atom. The van der Waals surface area contributed by atoms with E-state index in [2.05, 4.69) is 5.32 Å². The molecule has 0 aliphatic carbocycles. The summed E-state index contributed by atoms with van der Waals surface area (Å²) in [5, 5.41) is 10.7. The number of benzene rings is 1. The standard InChI is InChI=1S/C14H12N2O5/c1-8-6-11(17)16(14(8)21)10-4-2-9(3-5-10)13(20)15-7-12(18)19/h2-6H,7H2,1H3,(H,15,20)(H,18,19). The summed E-state index contributed by atoms with van der Waals surface area (Å²) >= 11 is 0. The Bertz CT molecular complexity index is 660. The second-order valence-electron chi connectivity index (χ2n) is 4.43. The van der Waals surface area contributed by atoms with E-state index in [0.29, 0.717) is 11.3 Å². The van der Waals surface area contributed by atoms with Crippen molar-refractivity contribution in [1.29, 1.82) is 0 Å². The van der Waals surface area contributed by atoms with Gasteiger partial charge in [0.2, 0.25) is 0 Å². The second-order valence-corrected chi connectivity index (χ2v) is 4.43. The van der Waals surface area contributed by atoms with Crippen molar-refractivity contribution in [3.63, 3.8) is 0 Å². The first kappa shape index (κ1) is 14.4. The molecule has 1 aromatic carbocycles. The molecule has 0 fully saturated rings. The summed E-state index contributed by atoms with van der Waals surface area (Å²) in [5.74, 6) is -2.52. The summed E-state index contributed by atoms with van der Waals surface area (Å²) in [7, 11) is 0. The summed E-state index contributed by atoms with van der Waals surface area (Å²) in [6.45, 7) is 1.07. The van der Waals surface area contributed by atoms with Crippen molar-refractivity contribution in [3.8, 4) is 0 Å². The van der Waals surface area contributed by atoms with Crippen LogP contribution in [0.1, 0.15) is 17.3 Å². The van der Waals surface area contributed by atoms with Gasteiger partial charge in [0, 0.05) is 17.2 Å². The van der Waals surface area contributed by atoms with E-state index in [1.165, 1.54) is 30.3 Å². The first-order chi connectivity index (χ1) is 9.90. The fraction of sp³-hybridized carbons (Fsp3) is 0.143. The lowest BCUT2D eigenvalue weighted by Gasteiger charge is -2.14. The SMILES string of the molecule is CC1=CC(=O)N(c2ccc(C(=O)NCC(=O)O)cc2)C1=O. The van der Waals surface area contributed by atoms with E-state index in [4.69, 9.17) is 5.11 Å². The van der Waals surface area contributed by atoms with E-state index in [-0.39, 0.29) is 5.56 Å². The number of carboxylic acid groups (broad SMARTS) is 1. The third-order valence-corrected chi connectivity index (χ3v) is 2.89. The van der Waals surface area contributed by atoms with Crippen LogP contribution in [-0.2, 0) is 14.4 Å². The highest BCUT2D eigenvalue weighted by atomic mass is 16.4. The molecule has 0 saturated carbocycles. The Labute approximate surface area is 119 Å². The number of nitrogens with one attached hydrogen (secondary N) is 1. The average Bonchev–Trinajstić information content (AvgIpc) is 2.70. The third-order valence-electron chi connectivity index (χ3n) is 2.89. The van der Waals surface area contributed by atoms with Crippen LogP contribution in [-0.4, -0.2) is 35.3 Å². The van der Waals surface area contributed by atoms with E-state index in [0.717, 1.165) is 4.90 Å². The summed E-state index contributed by atoms with van der Waals surface area (Å²) in [6, 6.07) is 5.75. The molecule has 108 valence electrons. The number of imide groups is 1. The molecule has 2 N–H and O–H groups in total. The van der Waals surface area contributed by atoms with Gasteiger partial charge in [0.25, 0.3) is 17.7 Å². The third kappa shape index (κ3) is 2.97. The molecule has 1 aliphatic rings. The number of amides is 3. The van der Waals surface area contributed by atoms with Crippen molar-refractivity contribution in [2.24, 2.45) is 0 Å². The predicted octanol–water partition coefficient (Wildman–Crippen LogP) is 0.321. The summed E-state index contributed by atoms with van der Waals surface area (Å²) in [4.78, 5) is 46.5. The molecule has 0 bridgehead atoms. The minimum Gasteiger partial charge on any atom is -0.480 e. The largest absolute Gasteiger partial charge is 0.480 e. The molecule has 1 aliphatic heterocycles. The van der Waals surface area contributed by atoms with Gasteiger partial charge in [-0.05, 0) is 31.2 Å². The van der Waals surface area contributed by atoms with Gasteiger partial charge in [-0.2, -0.15) is 0 Å². The summed E-state index contributed by atoms with van der Waals surface area (Å²) in [6.07, 6.45) is 1.25. The maximum absolute atomic E-state index is 11.8. The summed E-state index contributed by atoms with van der Waals surface area (Å²) < 4.78 is 0. The quantitative estimate of drug-likeness (QED) is 0.776. The molecular weight excluding hydrogens is 276 g/mol. The van der Waals surface area contributed by atoms with Crippen molar-refractivity contribution in [1.82, 2.24) is 5.32 Å². The van der Waals surface area contributed by atoms with Gasteiger partial charge in [-0.25, -0.2) is 4.90 Å². The minimum atomic E-state index is -1.14. The van der Waals surface area contributed by atoms with Crippen LogP contribution in [0, 0.1) is 0 Å². The predicted molar refractivity (Wildman–Crippen MR) is 72.7 cm³/mol. The zero-order valence-corrected chi connectivity index (χ0v) is 11.1. The van der Waals surface area contributed by atoms with Crippen molar-refractivity contribution in [2.75, 3.05) is 11.4 Å². The van der Waals surface area contributed by atoms with Gasteiger partial charge < -0.3 is 10.4 Å². The highest BCUT2D eigenvalue weighted by molar-refractivity contribution is 6.30. The zero-order chi connectivity index (χ0) is 15.6. The van der Waals surface area contributed by atoms with E-state index in [9.17, 15) is 19.2 Å². The lowest BCUT2D eigenvalue weighted by molar-refractivity contribution is -0.135. The molecule has 0 unspecified atom stereocenters. The number of carbonyl (C=O) groups excluding carboxylic acids is 3. The molecule has 1 heterocycles. The van der Waals surface area contributed by atoms with Crippen LogP contribution in [0.5, 0.6) is 0 Å². The average molecular weight is 288 g/mol. The van der Waals surface area contributed by atoms with Crippen molar-refractivity contribution in [3.05, 3.63) is 41.5 Å². The lowest BCUT2D eigenvalue weighted by Crippen LogP contribution is -2.31. The number of carbonyl (C=O) groups is 4. The number of anilines is 1. The number of hydrogen-bond acceptors (Lipinski definition) is 4. The molecular formula is C14H12N2O5. The van der Waals surface area contributed by atoms with Crippen LogP contribution < -0.4 is 10.2 Å². The van der Waals surface area contributed by atoms with Crippen molar-refractivity contribution < 1.29 is 24.3 Å². The maximum Gasteiger partial charge on any atom is 0.322 e. The number of rotatable bonds is 4. The van der Waals surface area contributed by atoms with Crippen LogP contribution in [0.2, 0.25) is 0 Å². The van der Waals surface area contributed by atoms with Gasteiger partial charge in [-0.3, -0.25) is 19.2 Å². The van der Waals surface area contributed by atoms with E-state index in [1.807, 2.05) is 0 Å². The fourth-order valence-corrected chi connectivity index (χ4v) is 1.85. The zero-order valence-electron chi connectivity index (χ0n) is 11.1. The van der Waals surface area contributed by atoms with Crippen molar-refractivity contribution >= 4 is 29.4 Å². The highest BCUT2D eigenvalue weighted by Crippen LogP contribution is 2.22. The summed E-state index contributed by atoms with van der Waals surface area (Å²) in [5.41, 5.74) is 0.944. The molecule has 7 nitrogen and oxygen atoms in total. The fourth-order valence-electron chi connectivity index (χ4n) is 1.85. The van der Waals surface area contributed by atoms with E-state index in [1.54, 1.807) is 6.92 Å². The van der Waals surface area contributed by atoms with Crippen LogP contribution >= 0.6 is 0 Å². The first-order valence-corrected chi connectivity index (χ1v) is 6.07. The van der Waals surface area contributed by atoms with Gasteiger partial charge in [0.1, 0.15) is 6.54 Å². The Hall–Kier alpha value is -2.96. The van der Waals surface area contributed by atoms with Crippen LogP contribution in [0.15, 0.2) is 35.9 Å². The van der Waals surface area contributed by atoms with Gasteiger partial charge in [-0.15, -0.1) is 0 Å². The van der Waals surface area contributed by atoms with Crippen LogP contribution in [0.4, 0.5) is 5.69 Å². The highest BCUT2D eigenvalue weighted by Gasteiger charge is 2.29. The molecule has 0 spiro atoms. The molecule has 0 atom stereocenters. The Morgan fingerprint density at radius 3 is 2.29 bits per heavy atom. The maximum atomic E-state index is 11.8. The molecule has 0 saturated heterocycles. The van der Waals surface area contributed by atoms with Gasteiger partial charge in [0.05, 0.1) is 5.69 Å². The molecule has 2 rings (SSSR count). The molecule has 0 aromatic heterocycles. The number of hydrogen-bond donors (Lipinski definition) is 2. The van der Waals surface area contributed by atoms with Crippen LogP contribution in [0.25, 0.3) is 0 Å². The Balaban J connectivity index is 2.13. The number of nitrogens with zero attached hydrogens (tertiary/aromatic N) is 1. The Kier molecular flexibility index (Phi) is 3.84. The molecule has 0 radical (unpaired) electrons. The van der Waals surface area contributed by atoms with Crippen LogP contribution in [0.3, 0.4) is 0 Å². The Morgan fingerprint density at radius 1 is 1.19 bits per heavy atom. The van der Waals surface area contributed by atoms with E-state index >= 15 is 0 Å². The second kappa shape index (κ2) is 5.58. The minimum absolute atomic E-state index is 0.240. The number of carboxylic acids is 1. The molecule has 7 heteroatoms. The lowest BCUT2D eigenvalue weighted by atomic mass is 10.2. The first-order valence-electron chi connectivity index (χ1n) is 6.07. The van der Waals surface area contributed by atoms with Gasteiger partial charge in [0.15, 0.2) is 0 Å². The topological polar surface area (TPSA) is 104 Å². The van der Waals surface area contributed by atoms with Gasteiger partial charge in [-0.1, -0.05) is 0 Å². The van der Waals surface area contributed by atoms with Gasteiger partial charge >= 0.3 is 5.97 Å². The smallest absolute Gasteiger partial charge is 0.322 e. The normalized spacial score (nSPS) is 14.1. The molecule has 21 heavy (non-hydrogen) atoms. The number of aliphatic carboxylic acids is 1.